The Morgan fingerprint density at radius 1 is 1.37 bits per heavy atom. The number of carbonyl (C=O) groups is 1. The molecule has 2 fully saturated rings. The molecular weight excluding hydrogens is 336 g/mol. The lowest BCUT2D eigenvalue weighted by Gasteiger charge is -2.40. The standard InChI is InChI=1S/C22H28N4O/c1-4-18-5-6-19(16-23)26(18)21(27)7-9-22(3)10-13-25(14-11-22)20-15-17(2)8-12-24-20/h1,8,12,15,18-19H,5-7,9-11,13-14H2,2-3H3/t18-,19-/m0/s1. The molecular formula is C22H28N4O. The molecule has 0 unspecified atom stereocenters. The van der Waals surface area contributed by atoms with Crippen molar-refractivity contribution in [1.29, 1.82) is 5.26 Å². The van der Waals surface area contributed by atoms with Crippen LogP contribution >= 0.6 is 0 Å². The minimum Gasteiger partial charge on any atom is -0.357 e. The minimum atomic E-state index is -0.361. The smallest absolute Gasteiger partial charge is 0.224 e. The number of amides is 1. The Morgan fingerprint density at radius 2 is 2.07 bits per heavy atom. The second kappa shape index (κ2) is 8.01. The molecule has 3 heterocycles. The SMILES string of the molecule is C#C[C@H]1CC[C@@H](C#N)N1C(=O)CCC1(C)CCN(c2cc(C)ccn2)CC1. The second-order valence-corrected chi connectivity index (χ2v) is 8.19. The lowest BCUT2D eigenvalue weighted by molar-refractivity contribution is -0.132. The molecule has 0 aliphatic carbocycles. The summed E-state index contributed by atoms with van der Waals surface area (Å²) in [5.74, 6) is 3.75. The third-order valence-electron chi connectivity index (χ3n) is 6.15. The van der Waals surface area contributed by atoms with Crippen LogP contribution in [-0.4, -0.2) is 41.0 Å². The first kappa shape index (κ1) is 19.2. The van der Waals surface area contributed by atoms with Gasteiger partial charge in [-0.2, -0.15) is 5.26 Å². The summed E-state index contributed by atoms with van der Waals surface area (Å²) in [5, 5.41) is 9.30. The van der Waals surface area contributed by atoms with Crippen molar-refractivity contribution in [1.82, 2.24) is 9.88 Å². The Balaban J connectivity index is 1.55. The summed E-state index contributed by atoms with van der Waals surface area (Å²) in [5.41, 5.74) is 1.36. The first-order chi connectivity index (χ1) is 13.0. The normalized spacial score (nSPS) is 24.3. The molecule has 0 radical (unpaired) electrons. The van der Waals surface area contributed by atoms with E-state index in [0.717, 1.165) is 44.6 Å². The Kier molecular flexibility index (Phi) is 5.71. The van der Waals surface area contributed by atoms with Crippen LogP contribution in [0.3, 0.4) is 0 Å². The van der Waals surface area contributed by atoms with Crippen molar-refractivity contribution in [2.24, 2.45) is 5.41 Å². The van der Waals surface area contributed by atoms with Crippen LogP contribution in [0.5, 0.6) is 0 Å². The number of hydrogen-bond donors (Lipinski definition) is 0. The number of hydrogen-bond acceptors (Lipinski definition) is 4. The summed E-state index contributed by atoms with van der Waals surface area (Å²) in [6, 6.07) is 5.79. The summed E-state index contributed by atoms with van der Waals surface area (Å²) in [7, 11) is 0. The van der Waals surface area contributed by atoms with Crippen molar-refractivity contribution in [3.8, 4) is 18.4 Å². The van der Waals surface area contributed by atoms with Gasteiger partial charge in [-0.05, 0) is 62.1 Å². The molecule has 0 saturated carbocycles. The topological polar surface area (TPSA) is 60.2 Å². The van der Waals surface area contributed by atoms with E-state index in [-0.39, 0.29) is 23.4 Å². The van der Waals surface area contributed by atoms with Crippen LogP contribution in [0.2, 0.25) is 0 Å². The maximum atomic E-state index is 12.8. The van der Waals surface area contributed by atoms with Gasteiger partial charge >= 0.3 is 0 Å². The van der Waals surface area contributed by atoms with Crippen molar-refractivity contribution < 1.29 is 4.79 Å². The summed E-state index contributed by atoms with van der Waals surface area (Å²) >= 11 is 0. The van der Waals surface area contributed by atoms with Crippen molar-refractivity contribution in [2.45, 2.75) is 64.5 Å². The zero-order chi connectivity index (χ0) is 19.4. The molecule has 0 bridgehead atoms. The highest BCUT2D eigenvalue weighted by Gasteiger charge is 2.37. The first-order valence-electron chi connectivity index (χ1n) is 9.80. The lowest BCUT2D eigenvalue weighted by atomic mass is 9.76. The van der Waals surface area contributed by atoms with Crippen LogP contribution in [0.4, 0.5) is 5.82 Å². The highest BCUT2D eigenvalue weighted by Crippen LogP contribution is 2.37. The summed E-state index contributed by atoms with van der Waals surface area (Å²) in [6.07, 6.45) is 12.2. The highest BCUT2D eigenvalue weighted by atomic mass is 16.2. The Bertz CT molecular complexity index is 745. The van der Waals surface area contributed by atoms with Gasteiger partial charge in [0.1, 0.15) is 11.9 Å². The van der Waals surface area contributed by atoms with E-state index in [4.69, 9.17) is 6.42 Å². The van der Waals surface area contributed by atoms with E-state index in [1.807, 2.05) is 12.3 Å². The van der Waals surface area contributed by atoms with E-state index < -0.39 is 0 Å². The van der Waals surface area contributed by atoms with E-state index in [1.165, 1.54) is 5.56 Å². The predicted molar refractivity (Wildman–Crippen MR) is 106 cm³/mol. The largest absolute Gasteiger partial charge is 0.357 e. The minimum absolute atomic E-state index is 0.0333. The number of pyridine rings is 1. The molecule has 5 heteroatoms. The van der Waals surface area contributed by atoms with Crippen molar-refractivity contribution in [3.05, 3.63) is 23.9 Å². The fraction of sp³-hybridized carbons (Fsp3) is 0.591. The van der Waals surface area contributed by atoms with Crippen LogP contribution in [0.1, 0.15) is 51.0 Å². The number of anilines is 1. The lowest BCUT2D eigenvalue weighted by Crippen LogP contribution is -2.42. The maximum absolute atomic E-state index is 12.8. The molecule has 2 atom stereocenters. The zero-order valence-electron chi connectivity index (χ0n) is 16.3. The van der Waals surface area contributed by atoms with Crippen molar-refractivity contribution >= 4 is 11.7 Å². The summed E-state index contributed by atoms with van der Waals surface area (Å²) in [4.78, 5) is 21.2. The molecule has 2 saturated heterocycles. The van der Waals surface area contributed by atoms with Gasteiger partial charge in [-0.1, -0.05) is 12.8 Å². The third-order valence-corrected chi connectivity index (χ3v) is 6.15. The fourth-order valence-corrected chi connectivity index (χ4v) is 4.21. The number of aromatic nitrogens is 1. The van der Waals surface area contributed by atoms with Crippen LogP contribution in [-0.2, 0) is 4.79 Å². The third kappa shape index (κ3) is 4.25. The molecule has 1 amide bonds. The van der Waals surface area contributed by atoms with Gasteiger partial charge in [-0.25, -0.2) is 4.98 Å². The fourth-order valence-electron chi connectivity index (χ4n) is 4.21. The highest BCUT2D eigenvalue weighted by molar-refractivity contribution is 5.78. The Morgan fingerprint density at radius 3 is 2.70 bits per heavy atom. The van der Waals surface area contributed by atoms with Crippen LogP contribution in [0.25, 0.3) is 0 Å². The van der Waals surface area contributed by atoms with Gasteiger partial charge in [0.05, 0.1) is 12.1 Å². The van der Waals surface area contributed by atoms with Gasteiger partial charge in [0.2, 0.25) is 5.91 Å². The van der Waals surface area contributed by atoms with Gasteiger partial charge in [-0.15, -0.1) is 6.42 Å². The quantitative estimate of drug-likeness (QED) is 0.769. The van der Waals surface area contributed by atoms with E-state index in [0.29, 0.717) is 12.8 Å². The van der Waals surface area contributed by atoms with Gasteiger partial charge < -0.3 is 9.80 Å². The molecule has 2 aliphatic heterocycles. The first-order valence-corrected chi connectivity index (χ1v) is 9.80. The van der Waals surface area contributed by atoms with Gasteiger partial charge in [-0.3, -0.25) is 4.79 Å². The maximum Gasteiger partial charge on any atom is 0.224 e. The molecule has 5 nitrogen and oxygen atoms in total. The molecule has 142 valence electrons. The zero-order valence-corrected chi connectivity index (χ0v) is 16.3. The Labute approximate surface area is 162 Å². The molecule has 1 aromatic heterocycles. The number of aryl methyl sites for hydroxylation is 1. The summed E-state index contributed by atoms with van der Waals surface area (Å²) < 4.78 is 0. The average molecular weight is 364 g/mol. The number of terminal acetylenes is 1. The molecule has 0 N–H and O–H groups in total. The van der Waals surface area contributed by atoms with Crippen LogP contribution in [0, 0.1) is 36.0 Å². The van der Waals surface area contributed by atoms with Crippen LogP contribution in [0.15, 0.2) is 18.3 Å². The number of piperidine rings is 1. The molecule has 0 aromatic carbocycles. The summed E-state index contributed by atoms with van der Waals surface area (Å²) in [6.45, 7) is 6.27. The predicted octanol–water partition coefficient (Wildman–Crippen LogP) is 3.29. The number of likely N-dealkylation sites (tertiary alicyclic amines) is 1. The van der Waals surface area contributed by atoms with Crippen molar-refractivity contribution in [3.63, 3.8) is 0 Å². The van der Waals surface area contributed by atoms with Crippen LogP contribution < -0.4 is 4.90 Å². The van der Waals surface area contributed by atoms with Gasteiger partial charge in [0.15, 0.2) is 0 Å². The van der Waals surface area contributed by atoms with E-state index in [9.17, 15) is 10.1 Å². The van der Waals surface area contributed by atoms with E-state index >= 15 is 0 Å². The number of rotatable bonds is 4. The second-order valence-electron chi connectivity index (χ2n) is 8.19. The molecule has 2 aliphatic rings. The monoisotopic (exact) mass is 364 g/mol. The van der Waals surface area contributed by atoms with E-state index in [2.05, 4.69) is 41.8 Å². The van der Waals surface area contributed by atoms with Gasteiger partial charge in [0, 0.05) is 25.7 Å². The number of nitriles is 1. The Hall–Kier alpha value is -2.53. The molecule has 27 heavy (non-hydrogen) atoms. The molecule has 3 rings (SSSR count). The number of nitrogens with zero attached hydrogens (tertiary/aromatic N) is 4. The number of carbonyl (C=O) groups excluding carboxylic acids is 1. The molecule has 1 aromatic rings. The average Bonchev–Trinajstić information content (AvgIpc) is 3.10. The van der Waals surface area contributed by atoms with E-state index in [1.54, 1.807) is 4.90 Å². The molecule has 0 spiro atoms. The van der Waals surface area contributed by atoms with Gasteiger partial charge in [0.25, 0.3) is 0 Å². The van der Waals surface area contributed by atoms with Crippen molar-refractivity contribution in [2.75, 3.05) is 18.0 Å².